The molecule has 0 amide bonds. The molecule has 2 spiro atoms. The number of hydrogen-bond donors (Lipinski definition) is 0. The highest BCUT2D eigenvalue weighted by atomic mass is 16.6. The van der Waals surface area contributed by atoms with Crippen LogP contribution in [-0.4, -0.2) is 54.1 Å². The number of fused-ring (bicyclic) bond motifs is 1. The van der Waals surface area contributed by atoms with Gasteiger partial charge >= 0.3 is 23.9 Å². The van der Waals surface area contributed by atoms with Crippen molar-refractivity contribution < 1.29 is 42.9 Å². The number of ether oxygens (including phenoxy) is 4. The van der Waals surface area contributed by atoms with Crippen molar-refractivity contribution in [3.63, 3.8) is 0 Å². The van der Waals surface area contributed by atoms with Crippen LogP contribution in [0.3, 0.4) is 0 Å². The molecule has 0 heterocycles. The maximum absolute atomic E-state index is 13.9. The maximum Gasteiger partial charge on any atom is 0.331 e. The molecule has 1 aromatic rings. The highest BCUT2D eigenvalue weighted by molar-refractivity contribution is 5.88. The summed E-state index contributed by atoms with van der Waals surface area (Å²) >= 11 is 0. The van der Waals surface area contributed by atoms with E-state index >= 15 is 0 Å². The van der Waals surface area contributed by atoms with Crippen molar-refractivity contribution in [2.24, 2.45) is 33.5 Å². The first kappa shape index (κ1) is 31.7. The second-order valence-electron chi connectivity index (χ2n) is 13.6. The van der Waals surface area contributed by atoms with Crippen molar-refractivity contribution in [2.45, 2.75) is 92.1 Å². The van der Waals surface area contributed by atoms with Gasteiger partial charge in [0, 0.05) is 55.9 Å². The Balaban J connectivity index is 1.73. The Bertz CT molecular complexity index is 1440. The summed E-state index contributed by atoms with van der Waals surface area (Å²) in [4.78, 5) is 65.4. The first-order valence-electron chi connectivity index (χ1n) is 15.2. The normalized spacial score (nSPS) is 38.4. The minimum Gasteiger partial charge on any atom is -0.461 e. The van der Waals surface area contributed by atoms with E-state index in [-0.39, 0.29) is 12.2 Å². The number of benzene rings is 1. The lowest BCUT2D eigenvalue weighted by Gasteiger charge is -2.60. The van der Waals surface area contributed by atoms with Crippen molar-refractivity contribution in [1.29, 1.82) is 0 Å². The Labute approximate surface area is 258 Å². The van der Waals surface area contributed by atoms with E-state index in [2.05, 4.69) is 6.58 Å². The van der Waals surface area contributed by atoms with Gasteiger partial charge in [0.05, 0.1) is 5.41 Å². The van der Waals surface area contributed by atoms with Gasteiger partial charge in [-0.05, 0) is 35.5 Å². The first-order valence-corrected chi connectivity index (χ1v) is 15.2. The third-order valence-corrected chi connectivity index (χ3v) is 11.4. The summed E-state index contributed by atoms with van der Waals surface area (Å²) < 4.78 is 24.5. The molecule has 2 bridgehead atoms. The number of rotatable bonds is 6. The van der Waals surface area contributed by atoms with Gasteiger partial charge < -0.3 is 18.9 Å². The monoisotopic (exact) mass is 606 g/mol. The predicted molar refractivity (Wildman–Crippen MR) is 159 cm³/mol. The molecule has 0 aromatic heterocycles. The van der Waals surface area contributed by atoms with Crippen LogP contribution in [0.15, 0.2) is 48.6 Å². The van der Waals surface area contributed by atoms with E-state index in [1.165, 1.54) is 26.8 Å². The number of carbonyl (C=O) groups is 5. The topological polar surface area (TPSA) is 122 Å². The second kappa shape index (κ2) is 10.7. The SMILES string of the molecule is C=C1[C@H](OC(=O)/C=C\c2ccccc2)CC[C@@]2(C)[C@H](OC(C)=O)[C@H](OC(C)=O)[C@@]34[C@H](C)C(=O)C[C@@H]([C@H](OC(C)=O)[C@@]132)C4(C)C. The molecule has 0 N–H and O–H groups in total. The fourth-order valence-electron chi connectivity index (χ4n) is 10.2. The Morgan fingerprint density at radius 3 is 2.02 bits per heavy atom. The molecule has 9 nitrogen and oxygen atoms in total. The lowest BCUT2D eigenvalue weighted by atomic mass is 9.42. The zero-order chi connectivity index (χ0) is 32.4. The average Bonchev–Trinajstić information content (AvgIpc) is 3.18. The molecule has 0 unspecified atom stereocenters. The third-order valence-electron chi connectivity index (χ3n) is 11.4. The predicted octanol–water partition coefficient (Wildman–Crippen LogP) is 5.01. The lowest BCUT2D eigenvalue weighted by molar-refractivity contribution is -0.194. The van der Waals surface area contributed by atoms with Crippen LogP contribution in [0.1, 0.15) is 73.3 Å². The van der Waals surface area contributed by atoms with Crippen molar-refractivity contribution in [3.8, 4) is 0 Å². The van der Waals surface area contributed by atoms with E-state index in [0.29, 0.717) is 18.4 Å². The van der Waals surface area contributed by atoms with Gasteiger partial charge in [0.2, 0.25) is 0 Å². The molecule has 4 aliphatic rings. The molecule has 0 radical (unpaired) electrons. The molecular formula is C35H42O9. The number of Topliss-reactive ketones (excluding diaryl/α,β-unsaturated/α-hetero) is 1. The van der Waals surface area contributed by atoms with Crippen LogP contribution in [0.5, 0.6) is 0 Å². The third kappa shape index (κ3) is 4.07. The van der Waals surface area contributed by atoms with Crippen LogP contribution in [0.4, 0.5) is 0 Å². The van der Waals surface area contributed by atoms with Gasteiger partial charge in [0.1, 0.15) is 30.2 Å². The van der Waals surface area contributed by atoms with Gasteiger partial charge in [-0.3, -0.25) is 19.2 Å². The summed E-state index contributed by atoms with van der Waals surface area (Å²) in [5.74, 6) is -3.51. The van der Waals surface area contributed by atoms with Crippen molar-refractivity contribution in [1.82, 2.24) is 0 Å². The number of hydrogen-bond acceptors (Lipinski definition) is 9. The van der Waals surface area contributed by atoms with Gasteiger partial charge in [-0.2, -0.15) is 0 Å². The average molecular weight is 607 g/mol. The molecule has 9 atom stereocenters. The molecule has 0 saturated heterocycles. The minimum absolute atomic E-state index is 0.0657. The van der Waals surface area contributed by atoms with Crippen LogP contribution < -0.4 is 0 Å². The van der Waals surface area contributed by atoms with Gasteiger partial charge in [-0.15, -0.1) is 0 Å². The molecule has 236 valence electrons. The van der Waals surface area contributed by atoms with Crippen LogP contribution >= 0.6 is 0 Å². The summed E-state index contributed by atoms with van der Waals surface area (Å²) in [5.41, 5.74) is -2.97. The fraction of sp³-hybridized carbons (Fsp3) is 0.571. The van der Waals surface area contributed by atoms with Gasteiger partial charge in [-0.25, -0.2) is 4.79 Å². The maximum atomic E-state index is 13.9. The summed E-state index contributed by atoms with van der Waals surface area (Å²) in [6, 6.07) is 9.34. The van der Waals surface area contributed by atoms with Crippen molar-refractivity contribution in [2.75, 3.05) is 0 Å². The largest absolute Gasteiger partial charge is 0.461 e. The number of carbonyl (C=O) groups excluding carboxylic acids is 5. The highest BCUT2D eigenvalue weighted by Gasteiger charge is 2.92. The smallest absolute Gasteiger partial charge is 0.331 e. The highest BCUT2D eigenvalue weighted by Crippen LogP contribution is 2.86. The Kier molecular flexibility index (Phi) is 7.70. The lowest BCUT2D eigenvalue weighted by Crippen LogP contribution is -2.63. The van der Waals surface area contributed by atoms with Gasteiger partial charge in [0.15, 0.2) is 0 Å². The van der Waals surface area contributed by atoms with Crippen LogP contribution in [-0.2, 0) is 42.9 Å². The molecule has 44 heavy (non-hydrogen) atoms. The summed E-state index contributed by atoms with van der Waals surface area (Å²) in [5, 5.41) is 0. The van der Waals surface area contributed by atoms with Gasteiger partial charge in [-0.1, -0.05) is 64.6 Å². The van der Waals surface area contributed by atoms with E-state index in [1.807, 2.05) is 58.0 Å². The van der Waals surface area contributed by atoms with E-state index in [9.17, 15) is 24.0 Å². The van der Waals surface area contributed by atoms with Gasteiger partial charge in [0.25, 0.3) is 0 Å². The molecule has 1 aromatic carbocycles. The molecule has 5 rings (SSSR count). The van der Waals surface area contributed by atoms with Crippen LogP contribution in [0.25, 0.3) is 6.08 Å². The Morgan fingerprint density at radius 2 is 1.43 bits per heavy atom. The molecular weight excluding hydrogens is 564 g/mol. The van der Waals surface area contributed by atoms with E-state index < -0.39 is 81.8 Å². The standard InChI is InChI=1S/C35H42O9/c1-19-26(39)18-25-29(41-21(3)36)35-20(2)27(44-28(40)15-14-24-12-10-9-11-13-24)16-17-33(35,8)30(42-22(4)37)31(43-23(5)38)34(19,35)32(25,6)7/h9-15,19,25,27,29-31H,2,16-18H2,1,3-8H3/b15-14-/t19-,25+,27-,29+,30-,31+,33+,34-,35-/m1/s1. The minimum atomic E-state index is -1.27. The summed E-state index contributed by atoms with van der Waals surface area (Å²) in [7, 11) is 0. The van der Waals surface area contributed by atoms with Crippen LogP contribution in [0.2, 0.25) is 0 Å². The van der Waals surface area contributed by atoms with E-state index in [1.54, 1.807) is 6.08 Å². The Hall–Kier alpha value is -3.75. The second-order valence-corrected chi connectivity index (χ2v) is 13.6. The number of ketones is 1. The molecule has 4 saturated carbocycles. The van der Waals surface area contributed by atoms with Crippen molar-refractivity contribution in [3.05, 3.63) is 54.1 Å². The van der Waals surface area contributed by atoms with Crippen molar-refractivity contribution >= 4 is 35.7 Å². The number of esters is 4. The molecule has 4 aliphatic carbocycles. The van der Waals surface area contributed by atoms with E-state index in [0.717, 1.165) is 5.56 Å². The zero-order valence-corrected chi connectivity index (χ0v) is 26.5. The fourth-order valence-corrected chi connectivity index (χ4v) is 10.2. The first-order chi connectivity index (χ1) is 20.6. The molecule has 4 fully saturated rings. The zero-order valence-electron chi connectivity index (χ0n) is 26.5. The summed E-state index contributed by atoms with van der Waals surface area (Å²) in [6.45, 7) is 16.2. The van der Waals surface area contributed by atoms with Crippen LogP contribution in [0, 0.1) is 33.5 Å². The quantitative estimate of drug-likeness (QED) is 0.190. The summed E-state index contributed by atoms with van der Waals surface area (Å²) in [6.07, 6.45) is 0.113. The molecule has 0 aliphatic heterocycles. The Morgan fingerprint density at radius 1 is 0.864 bits per heavy atom. The van der Waals surface area contributed by atoms with E-state index in [4.69, 9.17) is 18.9 Å². The molecule has 9 heteroatoms.